The highest BCUT2D eigenvalue weighted by Crippen LogP contribution is 2.26. The van der Waals surface area contributed by atoms with Crippen LogP contribution in [-0.2, 0) is 4.79 Å². The van der Waals surface area contributed by atoms with Gasteiger partial charge in [-0.3, -0.25) is 4.79 Å². The highest BCUT2D eigenvalue weighted by atomic mass is 35.5. The molecule has 0 saturated carbocycles. The molecular weight excluding hydrogens is 312 g/mol. The van der Waals surface area contributed by atoms with E-state index < -0.39 is 5.54 Å². The van der Waals surface area contributed by atoms with Crippen LogP contribution in [0.25, 0.3) is 0 Å². The van der Waals surface area contributed by atoms with Gasteiger partial charge in [-0.25, -0.2) is 4.99 Å². The fourth-order valence-corrected chi connectivity index (χ4v) is 2.15. The molecule has 23 heavy (non-hydrogen) atoms. The van der Waals surface area contributed by atoms with E-state index in [1.54, 1.807) is 42.5 Å². The van der Waals surface area contributed by atoms with Crippen molar-refractivity contribution in [2.24, 2.45) is 4.99 Å². The zero-order valence-electron chi connectivity index (χ0n) is 13.3. The second-order valence-corrected chi connectivity index (χ2v) is 6.54. The van der Waals surface area contributed by atoms with E-state index in [4.69, 9.17) is 11.6 Å². The van der Waals surface area contributed by atoms with Crippen LogP contribution in [0.4, 0.5) is 5.69 Å². The van der Waals surface area contributed by atoms with Crippen molar-refractivity contribution in [1.29, 1.82) is 0 Å². The number of carbonyl (C=O) groups is 1. The number of nitrogens with zero attached hydrogens (tertiary/aromatic N) is 1. The molecule has 0 aromatic heterocycles. The number of hydrogen-bond acceptors (Lipinski definition) is 3. The minimum atomic E-state index is -0.428. The monoisotopic (exact) mass is 330 g/mol. The van der Waals surface area contributed by atoms with E-state index in [9.17, 15) is 9.90 Å². The number of carbonyl (C=O) groups excluding carboxylic acids is 1. The van der Waals surface area contributed by atoms with Crippen molar-refractivity contribution in [3.8, 4) is 5.75 Å². The molecule has 0 spiro atoms. The number of benzene rings is 2. The van der Waals surface area contributed by atoms with Gasteiger partial charge in [-0.05, 0) is 45.0 Å². The zero-order chi connectivity index (χ0) is 17.0. The molecule has 0 saturated heterocycles. The van der Waals surface area contributed by atoms with Crippen LogP contribution in [0, 0.1) is 0 Å². The molecule has 0 radical (unpaired) electrons. The van der Waals surface area contributed by atoms with Crippen molar-refractivity contribution in [2.75, 3.05) is 0 Å². The van der Waals surface area contributed by atoms with Crippen molar-refractivity contribution < 1.29 is 9.90 Å². The van der Waals surface area contributed by atoms with Crippen LogP contribution in [0.1, 0.15) is 26.3 Å². The Balaban J connectivity index is 2.55. The van der Waals surface area contributed by atoms with E-state index in [0.717, 1.165) is 0 Å². The SMILES string of the molecule is CC(C)(C)NC(=O)C(=Nc1ccccc1Cl)c1ccccc1O. The first-order valence-corrected chi connectivity index (χ1v) is 7.60. The fourth-order valence-electron chi connectivity index (χ4n) is 1.97. The summed E-state index contributed by atoms with van der Waals surface area (Å²) in [6, 6.07) is 13.6. The first-order valence-electron chi connectivity index (χ1n) is 7.22. The summed E-state index contributed by atoms with van der Waals surface area (Å²) >= 11 is 6.13. The Labute approximate surface area is 140 Å². The van der Waals surface area contributed by atoms with Crippen molar-refractivity contribution in [3.63, 3.8) is 0 Å². The van der Waals surface area contributed by atoms with Crippen molar-refractivity contribution in [3.05, 3.63) is 59.1 Å². The number of amides is 1. The highest BCUT2D eigenvalue weighted by Gasteiger charge is 2.22. The van der Waals surface area contributed by atoms with Gasteiger partial charge in [0.25, 0.3) is 5.91 Å². The first kappa shape index (κ1) is 17.0. The van der Waals surface area contributed by atoms with Gasteiger partial charge in [0.05, 0.1) is 10.7 Å². The van der Waals surface area contributed by atoms with Crippen LogP contribution in [0.2, 0.25) is 5.02 Å². The second-order valence-electron chi connectivity index (χ2n) is 6.13. The maximum absolute atomic E-state index is 12.6. The van der Waals surface area contributed by atoms with Gasteiger partial charge in [-0.2, -0.15) is 0 Å². The Morgan fingerprint density at radius 3 is 2.30 bits per heavy atom. The molecule has 120 valence electrons. The van der Waals surface area contributed by atoms with Crippen molar-refractivity contribution in [1.82, 2.24) is 5.32 Å². The third-order valence-electron chi connectivity index (χ3n) is 2.95. The van der Waals surface area contributed by atoms with E-state index in [1.807, 2.05) is 20.8 Å². The summed E-state index contributed by atoms with van der Waals surface area (Å²) in [5, 5.41) is 13.4. The topological polar surface area (TPSA) is 61.7 Å². The molecular formula is C18H19ClN2O2. The van der Waals surface area contributed by atoms with Gasteiger partial charge in [0, 0.05) is 11.1 Å². The summed E-state index contributed by atoms with van der Waals surface area (Å²) in [6.45, 7) is 5.63. The predicted octanol–water partition coefficient (Wildman–Crippen LogP) is 4.08. The first-order chi connectivity index (χ1) is 10.8. The summed E-state index contributed by atoms with van der Waals surface area (Å²) < 4.78 is 0. The normalized spacial score (nSPS) is 12.1. The lowest BCUT2D eigenvalue weighted by atomic mass is 10.0. The van der Waals surface area contributed by atoms with Gasteiger partial charge >= 0.3 is 0 Å². The summed E-state index contributed by atoms with van der Waals surface area (Å²) in [6.07, 6.45) is 0. The van der Waals surface area contributed by atoms with Gasteiger partial charge in [-0.15, -0.1) is 0 Å². The van der Waals surface area contributed by atoms with Crippen LogP contribution in [-0.4, -0.2) is 22.3 Å². The van der Waals surface area contributed by atoms with Crippen LogP contribution in [0.5, 0.6) is 5.75 Å². The molecule has 1 amide bonds. The number of hydrogen-bond donors (Lipinski definition) is 2. The Morgan fingerprint density at radius 1 is 1.09 bits per heavy atom. The predicted molar refractivity (Wildman–Crippen MR) is 93.7 cm³/mol. The largest absolute Gasteiger partial charge is 0.507 e. The summed E-state index contributed by atoms with van der Waals surface area (Å²) in [5.74, 6) is -0.388. The number of halogens is 1. The number of para-hydroxylation sites is 2. The molecule has 0 unspecified atom stereocenters. The number of phenols is 1. The number of nitrogens with one attached hydrogen (secondary N) is 1. The maximum Gasteiger partial charge on any atom is 0.271 e. The molecule has 2 rings (SSSR count). The van der Waals surface area contributed by atoms with Crippen LogP contribution < -0.4 is 5.32 Å². The average molecular weight is 331 g/mol. The highest BCUT2D eigenvalue weighted by molar-refractivity contribution is 6.46. The molecule has 0 aliphatic rings. The molecule has 2 N–H and O–H groups in total. The van der Waals surface area contributed by atoms with Gasteiger partial charge in [0.2, 0.25) is 0 Å². The molecule has 0 aliphatic carbocycles. The van der Waals surface area contributed by atoms with Gasteiger partial charge in [0.15, 0.2) is 0 Å². The zero-order valence-corrected chi connectivity index (χ0v) is 14.1. The van der Waals surface area contributed by atoms with Gasteiger partial charge in [-0.1, -0.05) is 35.9 Å². The maximum atomic E-state index is 12.6. The van der Waals surface area contributed by atoms with Gasteiger partial charge < -0.3 is 10.4 Å². The summed E-state index contributed by atoms with van der Waals surface area (Å²) in [7, 11) is 0. The van der Waals surface area contributed by atoms with Gasteiger partial charge in [0.1, 0.15) is 11.5 Å². The molecule has 0 atom stereocenters. The average Bonchev–Trinajstić information content (AvgIpc) is 2.45. The van der Waals surface area contributed by atoms with Crippen LogP contribution in [0.15, 0.2) is 53.5 Å². The molecule has 0 bridgehead atoms. The third kappa shape index (κ3) is 4.57. The van der Waals surface area contributed by atoms with Crippen molar-refractivity contribution >= 4 is 28.9 Å². The minimum absolute atomic E-state index is 0.0117. The molecule has 0 heterocycles. The van der Waals surface area contributed by atoms with Crippen molar-refractivity contribution in [2.45, 2.75) is 26.3 Å². The van der Waals surface area contributed by atoms with E-state index in [-0.39, 0.29) is 17.4 Å². The lowest BCUT2D eigenvalue weighted by Gasteiger charge is -2.21. The molecule has 5 heteroatoms. The fraction of sp³-hybridized carbons (Fsp3) is 0.222. The molecule has 2 aromatic carbocycles. The van der Waals surface area contributed by atoms with Crippen LogP contribution in [0.3, 0.4) is 0 Å². The lowest BCUT2D eigenvalue weighted by Crippen LogP contribution is -2.44. The van der Waals surface area contributed by atoms with E-state index in [1.165, 1.54) is 6.07 Å². The summed E-state index contributed by atoms with van der Waals surface area (Å²) in [4.78, 5) is 17.0. The number of aromatic hydroxyl groups is 1. The Hall–Kier alpha value is -2.33. The Morgan fingerprint density at radius 2 is 1.70 bits per heavy atom. The molecule has 2 aromatic rings. The van der Waals surface area contributed by atoms with E-state index in [0.29, 0.717) is 16.3 Å². The summed E-state index contributed by atoms with van der Waals surface area (Å²) in [5.41, 5.74) is 0.514. The smallest absolute Gasteiger partial charge is 0.271 e. The lowest BCUT2D eigenvalue weighted by molar-refractivity contribution is -0.116. The quantitative estimate of drug-likeness (QED) is 0.833. The molecule has 4 nitrogen and oxygen atoms in total. The standard InChI is InChI=1S/C18H19ClN2O2/c1-18(2,3)21-17(23)16(12-8-4-7-11-15(12)22)20-14-10-6-5-9-13(14)19/h4-11,22H,1-3H3,(H,21,23). The van der Waals surface area contributed by atoms with Crippen LogP contribution >= 0.6 is 11.6 Å². The molecule has 0 fully saturated rings. The Kier molecular flexibility index (Phi) is 5.06. The van der Waals surface area contributed by atoms with E-state index in [2.05, 4.69) is 10.3 Å². The number of phenolic OH excluding ortho intramolecular Hbond substituents is 1. The third-order valence-corrected chi connectivity index (χ3v) is 3.27. The number of aliphatic imine (C=N–C) groups is 1. The van der Waals surface area contributed by atoms with E-state index >= 15 is 0 Å². The number of rotatable bonds is 3. The molecule has 0 aliphatic heterocycles. The Bertz CT molecular complexity index is 749. The minimum Gasteiger partial charge on any atom is -0.507 e. The second kappa shape index (κ2) is 6.84.